The molecule has 0 N–H and O–H groups in total. The van der Waals surface area contributed by atoms with Gasteiger partial charge in [0.25, 0.3) is 0 Å². The minimum absolute atomic E-state index is 0.00480. The molecule has 1 atom stereocenters. The van der Waals surface area contributed by atoms with Gasteiger partial charge in [0.15, 0.2) is 0 Å². The van der Waals surface area contributed by atoms with Gasteiger partial charge >= 0.3 is 0 Å². The third-order valence-corrected chi connectivity index (χ3v) is 4.44. The molecule has 3 nitrogen and oxygen atoms in total. The number of nitrogens with zero attached hydrogens (tertiary/aromatic N) is 3. The van der Waals surface area contributed by atoms with E-state index >= 15 is 0 Å². The highest BCUT2D eigenvalue weighted by atomic mass is 15.3. The molecule has 0 bridgehead atoms. The zero-order chi connectivity index (χ0) is 15.7. The second-order valence-corrected chi connectivity index (χ2v) is 7.16. The smallest absolute Gasteiger partial charge is 0.0720 e. The number of nitriles is 1. The molecule has 3 heteroatoms. The van der Waals surface area contributed by atoms with Crippen molar-refractivity contribution in [1.82, 2.24) is 9.78 Å². The third-order valence-electron chi connectivity index (χ3n) is 4.44. The van der Waals surface area contributed by atoms with Gasteiger partial charge in [0.05, 0.1) is 17.5 Å². The van der Waals surface area contributed by atoms with Crippen molar-refractivity contribution < 1.29 is 0 Å². The molecule has 3 rings (SSSR count). The summed E-state index contributed by atoms with van der Waals surface area (Å²) in [5.41, 5.74) is 4.92. The molecule has 2 aromatic rings. The van der Waals surface area contributed by atoms with E-state index in [0.717, 1.165) is 30.6 Å². The average molecular weight is 293 g/mol. The van der Waals surface area contributed by atoms with Gasteiger partial charge in [-0.25, -0.2) is 4.68 Å². The predicted octanol–water partition coefficient (Wildman–Crippen LogP) is 4.50. The maximum atomic E-state index is 9.18. The van der Waals surface area contributed by atoms with Crippen LogP contribution < -0.4 is 0 Å². The highest BCUT2D eigenvalue weighted by molar-refractivity contribution is 5.43. The molecule has 1 unspecified atom stereocenters. The van der Waals surface area contributed by atoms with Gasteiger partial charge in [0.1, 0.15) is 0 Å². The monoisotopic (exact) mass is 293 g/mol. The molecule has 1 aliphatic rings. The largest absolute Gasteiger partial charge is 0.237 e. The van der Waals surface area contributed by atoms with Gasteiger partial charge in [-0.15, -0.1) is 0 Å². The fourth-order valence-electron chi connectivity index (χ4n) is 3.45. The Labute approximate surface area is 132 Å². The van der Waals surface area contributed by atoms with Crippen LogP contribution in [0.2, 0.25) is 0 Å². The van der Waals surface area contributed by atoms with Crippen LogP contribution in [0.5, 0.6) is 0 Å². The van der Waals surface area contributed by atoms with Crippen molar-refractivity contribution in [2.45, 2.75) is 57.8 Å². The van der Waals surface area contributed by atoms with Crippen molar-refractivity contribution in [1.29, 1.82) is 5.26 Å². The first-order valence-electron chi connectivity index (χ1n) is 8.07. The summed E-state index contributed by atoms with van der Waals surface area (Å²) < 4.78 is 2.11. The van der Waals surface area contributed by atoms with Gasteiger partial charge in [-0.2, -0.15) is 10.4 Å². The Morgan fingerprint density at radius 3 is 2.64 bits per heavy atom. The van der Waals surface area contributed by atoms with Gasteiger partial charge < -0.3 is 0 Å². The van der Waals surface area contributed by atoms with E-state index in [4.69, 9.17) is 5.10 Å². The van der Waals surface area contributed by atoms with Crippen molar-refractivity contribution in [3.8, 4) is 11.8 Å². The summed E-state index contributed by atoms with van der Waals surface area (Å²) in [6.07, 6.45) is 3.89. The van der Waals surface area contributed by atoms with Crippen LogP contribution in [0.15, 0.2) is 30.3 Å². The number of fused-ring (bicyclic) bond motifs is 1. The second-order valence-electron chi connectivity index (χ2n) is 7.16. The van der Waals surface area contributed by atoms with Crippen LogP contribution in [0, 0.1) is 11.3 Å². The zero-order valence-electron chi connectivity index (χ0n) is 13.6. The van der Waals surface area contributed by atoms with Crippen molar-refractivity contribution in [3.63, 3.8) is 0 Å². The average Bonchev–Trinajstić information content (AvgIpc) is 2.89. The number of para-hydroxylation sites is 1. The van der Waals surface area contributed by atoms with Crippen LogP contribution in [0.3, 0.4) is 0 Å². The van der Waals surface area contributed by atoms with Crippen LogP contribution >= 0.6 is 0 Å². The lowest BCUT2D eigenvalue weighted by atomic mass is 9.78. The number of rotatable bonds is 2. The van der Waals surface area contributed by atoms with E-state index in [1.165, 1.54) is 11.3 Å². The van der Waals surface area contributed by atoms with Gasteiger partial charge in [-0.1, -0.05) is 39.0 Å². The summed E-state index contributed by atoms with van der Waals surface area (Å²) in [6, 6.07) is 12.7. The zero-order valence-corrected chi connectivity index (χ0v) is 13.6. The Bertz CT molecular complexity index is 699. The predicted molar refractivity (Wildman–Crippen MR) is 88.2 cm³/mol. The summed E-state index contributed by atoms with van der Waals surface area (Å²) >= 11 is 0. The van der Waals surface area contributed by atoms with Gasteiger partial charge in [0, 0.05) is 29.0 Å². The molecule has 22 heavy (non-hydrogen) atoms. The first kappa shape index (κ1) is 14.8. The molecule has 1 aromatic carbocycles. The van der Waals surface area contributed by atoms with E-state index in [1.807, 2.05) is 6.07 Å². The molecule has 0 radical (unpaired) electrons. The summed E-state index contributed by atoms with van der Waals surface area (Å²) in [4.78, 5) is 0. The van der Waals surface area contributed by atoms with Gasteiger partial charge in [-0.05, 0) is 31.4 Å². The Morgan fingerprint density at radius 1 is 1.27 bits per heavy atom. The minimum atomic E-state index is -0.00480. The Hall–Kier alpha value is -2.08. The maximum Gasteiger partial charge on any atom is 0.0720 e. The second kappa shape index (κ2) is 5.61. The quantitative estimate of drug-likeness (QED) is 0.818. The van der Waals surface area contributed by atoms with Crippen LogP contribution in [0.1, 0.15) is 62.9 Å². The van der Waals surface area contributed by atoms with Crippen LogP contribution in [0.25, 0.3) is 5.69 Å². The molecule has 0 fully saturated rings. The van der Waals surface area contributed by atoms with E-state index in [-0.39, 0.29) is 5.41 Å². The van der Waals surface area contributed by atoms with Crippen LogP contribution in [-0.4, -0.2) is 9.78 Å². The Balaban J connectivity index is 2.21. The molecular formula is C19H23N3. The summed E-state index contributed by atoms with van der Waals surface area (Å²) in [5.74, 6) is 0.334. The first-order valence-corrected chi connectivity index (χ1v) is 8.07. The standard InChI is InChI=1S/C19H23N3/c1-19(2,3)18-17-14(12-13-20)8-7-11-16(17)22(21-18)15-9-5-4-6-10-15/h4-6,9-10,14H,7-8,11-12H2,1-3H3. The van der Waals surface area contributed by atoms with Crippen molar-refractivity contribution in [2.75, 3.05) is 0 Å². The topological polar surface area (TPSA) is 41.6 Å². The Kier molecular flexibility index (Phi) is 3.78. The van der Waals surface area contributed by atoms with Gasteiger partial charge in [-0.3, -0.25) is 0 Å². The van der Waals surface area contributed by atoms with E-state index in [1.54, 1.807) is 0 Å². The van der Waals surface area contributed by atoms with Crippen molar-refractivity contribution >= 4 is 0 Å². The molecule has 1 heterocycles. The molecule has 1 aliphatic carbocycles. The molecule has 0 saturated carbocycles. The van der Waals surface area contributed by atoms with E-state index in [0.29, 0.717) is 12.3 Å². The third kappa shape index (κ3) is 2.54. The number of aromatic nitrogens is 2. The van der Waals surface area contributed by atoms with Crippen molar-refractivity contribution in [3.05, 3.63) is 47.3 Å². The lowest BCUT2D eigenvalue weighted by Crippen LogP contribution is -2.18. The van der Waals surface area contributed by atoms with Crippen LogP contribution in [-0.2, 0) is 11.8 Å². The number of hydrogen-bond acceptors (Lipinski definition) is 2. The molecule has 0 aliphatic heterocycles. The molecular weight excluding hydrogens is 270 g/mol. The van der Waals surface area contributed by atoms with E-state index in [9.17, 15) is 5.26 Å². The Morgan fingerprint density at radius 2 is 2.00 bits per heavy atom. The molecule has 0 saturated heterocycles. The lowest BCUT2D eigenvalue weighted by molar-refractivity contribution is 0.520. The van der Waals surface area contributed by atoms with Gasteiger partial charge in [0.2, 0.25) is 0 Å². The SMILES string of the molecule is CC(C)(C)c1nn(-c2ccccc2)c2c1C(CC#N)CCC2. The fraction of sp³-hybridized carbons (Fsp3) is 0.474. The normalized spacial score (nSPS) is 17.8. The molecule has 0 amide bonds. The van der Waals surface area contributed by atoms with E-state index < -0.39 is 0 Å². The minimum Gasteiger partial charge on any atom is -0.237 e. The highest BCUT2D eigenvalue weighted by Gasteiger charge is 2.33. The van der Waals surface area contributed by atoms with Crippen molar-refractivity contribution in [2.24, 2.45) is 0 Å². The number of benzene rings is 1. The maximum absolute atomic E-state index is 9.18. The summed E-state index contributed by atoms with van der Waals surface area (Å²) in [6.45, 7) is 6.63. The molecule has 1 aromatic heterocycles. The molecule has 114 valence electrons. The number of hydrogen-bond donors (Lipinski definition) is 0. The fourth-order valence-corrected chi connectivity index (χ4v) is 3.45. The first-order chi connectivity index (χ1) is 10.5. The van der Waals surface area contributed by atoms with E-state index in [2.05, 4.69) is 55.8 Å². The lowest BCUT2D eigenvalue weighted by Gasteiger charge is -2.25. The summed E-state index contributed by atoms with van der Waals surface area (Å²) in [5, 5.41) is 14.2. The summed E-state index contributed by atoms with van der Waals surface area (Å²) in [7, 11) is 0. The molecule has 0 spiro atoms. The highest BCUT2D eigenvalue weighted by Crippen LogP contribution is 2.41. The van der Waals surface area contributed by atoms with Crippen LogP contribution in [0.4, 0.5) is 0 Å².